The molecule has 3 nitrogen and oxygen atoms in total. The summed E-state index contributed by atoms with van der Waals surface area (Å²) in [5, 5.41) is 3.95. The van der Waals surface area contributed by atoms with Crippen molar-refractivity contribution < 1.29 is 0 Å². The Bertz CT molecular complexity index is 2300. The van der Waals surface area contributed by atoms with Crippen LogP contribution in [-0.4, -0.2) is 0 Å². The highest BCUT2D eigenvalue weighted by Crippen LogP contribution is 2.44. The van der Waals surface area contributed by atoms with Crippen LogP contribution in [0.3, 0.4) is 0 Å². The molecule has 7 aromatic carbocycles. The van der Waals surface area contributed by atoms with Gasteiger partial charge in [0.15, 0.2) is 0 Å². The third-order valence-electron chi connectivity index (χ3n) is 10.7. The van der Waals surface area contributed by atoms with Crippen LogP contribution in [0.1, 0.15) is 79.0 Å². The van der Waals surface area contributed by atoms with E-state index in [0.717, 1.165) is 45.5 Å². The van der Waals surface area contributed by atoms with Gasteiger partial charge < -0.3 is 15.1 Å². The minimum atomic E-state index is 0.00654. The van der Waals surface area contributed by atoms with Crippen molar-refractivity contribution >= 4 is 45.5 Å². The second-order valence-corrected chi connectivity index (χ2v) is 18.2. The lowest BCUT2D eigenvalue weighted by atomic mass is 9.85. The van der Waals surface area contributed by atoms with Crippen molar-refractivity contribution in [2.45, 2.75) is 78.6 Å². The van der Waals surface area contributed by atoms with Gasteiger partial charge >= 0.3 is 0 Å². The minimum Gasteiger partial charge on any atom is -0.355 e. The third-order valence-corrected chi connectivity index (χ3v) is 10.7. The van der Waals surface area contributed by atoms with Crippen LogP contribution in [0.25, 0.3) is 11.1 Å². The van der Waals surface area contributed by atoms with Gasteiger partial charge in [-0.05, 0) is 117 Å². The lowest BCUT2D eigenvalue weighted by molar-refractivity contribution is 0.590. The lowest BCUT2D eigenvalue weighted by Crippen LogP contribution is -2.16. The topological polar surface area (TPSA) is 18.5 Å². The number of nitrogens with one attached hydrogen (secondary N) is 1. The highest BCUT2D eigenvalue weighted by Gasteiger charge is 2.23. The summed E-state index contributed by atoms with van der Waals surface area (Å²) >= 11 is 0. The van der Waals surface area contributed by atoms with E-state index in [2.05, 4.69) is 253 Å². The first-order valence-corrected chi connectivity index (χ1v) is 20.2. The molecule has 0 bridgehead atoms. The molecule has 0 atom stereocenters. The molecular formula is C54H57N3. The second-order valence-electron chi connectivity index (χ2n) is 18.2. The molecule has 0 amide bonds. The maximum absolute atomic E-state index is 3.95. The summed E-state index contributed by atoms with van der Waals surface area (Å²) in [6.07, 6.45) is 0. The fourth-order valence-corrected chi connectivity index (χ4v) is 7.33. The normalized spacial score (nSPS) is 11.9. The third kappa shape index (κ3) is 9.00. The molecular weight excluding hydrogens is 691 g/mol. The van der Waals surface area contributed by atoms with Crippen LogP contribution < -0.4 is 15.1 Å². The fraction of sp³-hybridized carbons (Fsp3) is 0.222. The molecule has 3 heteroatoms. The summed E-state index contributed by atoms with van der Waals surface area (Å²) in [7, 11) is 0. The average molecular weight is 748 g/mol. The summed E-state index contributed by atoms with van der Waals surface area (Å²) in [4.78, 5) is 4.74. The van der Waals surface area contributed by atoms with Gasteiger partial charge in [-0.15, -0.1) is 0 Å². The highest BCUT2D eigenvalue weighted by atomic mass is 15.2. The first kappa shape index (κ1) is 39.2. The van der Waals surface area contributed by atoms with Gasteiger partial charge in [0.1, 0.15) is 0 Å². The standard InChI is InChI=1S/C54H57N3/c1-52(2,3)40-25-30-46(31-26-40)57(47-32-27-41(28-33-47)53(4,5)6)49-37-43(36-48(38-49)56(44-21-15-11-16-22-44)45-23-17-12-18-24-45)55-51-34-29-42(54(7,8)9)35-50(51)39-19-13-10-14-20-39/h10-38,55H,1-9H3. The molecule has 0 saturated carbocycles. The number of benzene rings is 7. The van der Waals surface area contributed by atoms with Crippen molar-refractivity contribution in [2.75, 3.05) is 15.1 Å². The maximum atomic E-state index is 3.95. The number of hydrogen-bond acceptors (Lipinski definition) is 3. The Kier molecular flexibility index (Phi) is 10.9. The molecule has 0 aliphatic rings. The Morgan fingerprint density at radius 2 is 0.702 bits per heavy atom. The number of hydrogen-bond donors (Lipinski definition) is 1. The van der Waals surface area contributed by atoms with E-state index in [1.807, 2.05) is 0 Å². The fourth-order valence-electron chi connectivity index (χ4n) is 7.33. The quantitative estimate of drug-likeness (QED) is 0.159. The maximum Gasteiger partial charge on any atom is 0.0503 e. The van der Waals surface area contributed by atoms with E-state index in [0.29, 0.717) is 0 Å². The van der Waals surface area contributed by atoms with Crippen molar-refractivity contribution in [1.29, 1.82) is 0 Å². The first-order chi connectivity index (χ1) is 27.1. The second kappa shape index (κ2) is 15.8. The van der Waals surface area contributed by atoms with Crippen molar-refractivity contribution in [3.05, 3.63) is 193 Å². The summed E-state index contributed by atoms with van der Waals surface area (Å²) in [5.41, 5.74) is 14.8. The lowest BCUT2D eigenvalue weighted by Gasteiger charge is -2.31. The molecule has 0 aliphatic heterocycles. The van der Waals surface area contributed by atoms with Gasteiger partial charge in [0.05, 0.1) is 11.4 Å². The molecule has 7 rings (SSSR count). The van der Waals surface area contributed by atoms with Crippen LogP contribution in [0.5, 0.6) is 0 Å². The zero-order valence-electron chi connectivity index (χ0n) is 35.1. The van der Waals surface area contributed by atoms with Crippen molar-refractivity contribution in [1.82, 2.24) is 0 Å². The number of rotatable bonds is 9. The Morgan fingerprint density at radius 1 is 0.333 bits per heavy atom. The van der Waals surface area contributed by atoms with Crippen LogP contribution in [-0.2, 0) is 16.2 Å². The first-order valence-electron chi connectivity index (χ1n) is 20.2. The van der Waals surface area contributed by atoms with E-state index < -0.39 is 0 Å². The zero-order chi connectivity index (χ0) is 40.4. The molecule has 288 valence electrons. The van der Waals surface area contributed by atoms with E-state index in [4.69, 9.17) is 0 Å². The van der Waals surface area contributed by atoms with Crippen LogP contribution in [0.2, 0.25) is 0 Å². The molecule has 0 radical (unpaired) electrons. The van der Waals surface area contributed by atoms with Crippen LogP contribution in [0.4, 0.5) is 45.5 Å². The molecule has 0 aliphatic carbocycles. The molecule has 0 unspecified atom stereocenters. The van der Waals surface area contributed by atoms with Crippen LogP contribution in [0.15, 0.2) is 176 Å². The predicted octanol–water partition coefficient (Wildman–Crippen LogP) is 15.9. The number of nitrogens with zero attached hydrogens (tertiary/aromatic N) is 2. The Hall–Kier alpha value is -6.06. The van der Waals surface area contributed by atoms with Crippen molar-refractivity contribution in [2.24, 2.45) is 0 Å². The number of para-hydroxylation sites is 2. The van der Waals surface area contributed by atoms with Gasteiger partial charge in [-0.2, -0.15) is 0 Å². The van der Waals surface area contributed by atoms with Gasteiger partial charge in [0.25, 0.3) is 0 Å². The zero-order valence-corrected chi connectivity index (χ0v) is 35.1. The molecule has 0 spiro atoms. The molecule has 0 fully saturated rings. The summed E-state index contributed by atoms with van der Waals surface area (Å²) in [6, 6.07) is 63.9. The Labute approximate surface area is 341 Å². The van der Waals surface area contributed by atoms with E-state index in [1.54, 1.807) is 0 Å². The Morgan fingerprint density at radius 3 is 1.11 bits per heavy atom. The SMILES string of the molecule is CC(C)(C)c1ccc(N(c2ccc(C(C)(C)C)cc2)c2cc(Nc3ccc(C(C)(C)C)cc3-c3ccccc3)cc(N(c3ccccc3)c3ccccc3)c2)cc1. The highest BCUT2D eigenvalue weighted by molar-refractivity contribution is 5.89. The van der Waals surface area contributed by atoms with E-state index in [-0.39, 0.29) is 16.2 Å². The molecule has 57 heavy (non-hydrogen) atoms. The summed E-state index contributed by atoms with van der Waals surface area (Å²) in [6.45, 7) is 20.4. The van der Waals surface area contributed by atoms with E-state index in [9.17, 15) is 0 Å². The van der Waals surface area contributed by atoms with Gasteiger partial charge in [-0.1, -0.05) is 159 Å². The molecule has 0 heterocycles. The van der Waals surface area contributed by atoms with Crippen molar-refractivity contribution in [3.8, 4) is 11.1 Å². The largest absolute Gasteiger partial charge is 0.355 e. The monoisotopic (exact) mass is 747 g/mol. The smallest absolute Gasteiger partial charge is 0.0503 e. The molecule has 1 N–H and O–H groups in total. The molecule has 0 saturated heterocycles. The molecule has 0 aromatic heterocycles. The van der Waals surface area contributed by atoms with E-state index in [1.165, 1.54) is 27.8 Å². The van der Waals surface area contributed by atoms with Crippen LogP contribution in [0, 0.1) is 0 Å². The van der Waals surface area contributed by atoms with Gasteiger partial charge in [-0.25, -0.2) is 0 Å². The van der Waals surface area contributed by atoms with Crippen LogP contribution >= 0.6 is 0 Å². The summed E-state index contributed by atoms with van der Waals surface area (Å²) < 4.78 is 0. The number of anilines is 8. The minimum absolute atomic E-state index is 0.00654. The van der Waals surface area contributed by atoms with Gasteiger partial charge in [0.2, 0.25) is 0 Å². The van der Waals surface area contributed by atoms with Crippen molar-refractivity contribution in [3.63, 3.8) is 0 Å². The summed E-state index contributed by atoms with van der Waals surface area (Å²) in [5.74, 6) is 0. The van der Waals surface area contributed by atoms with Gasteiger partial charge in [0, 0.05) is 39.7 Å². The molecule has 7 aromatic rings. The average Bonchev–Trinajstić information content (AvgIpc) is 3.19. The Balaban J connectivity index is 1.47. The predicted molar refractivity (Wildman–Crippen MR) is 247 cm³/mol. The van der Waals surface area contributed by atoms with E-state index >= 15 is 0 Å². The van der Waals surface area contributed by atoms with Gasteiger partial charge in [-0.3, -0.25) is 0 Å².